The molecule has 1 aromatic carbocycles. The molecule has 12 heteroatoms. The van der Waals surface area contributed by atoms with E-state index in [0.717, 1.165) is 16.7 Å². The van der Waals surface area contributed by atoms with Gasteiger partial charge >= 0.3 is 6.18 Å². The second kappa shape index (κ2) is 9.23. The molecule has 1 N–H and O–H groups in total. The largest absolute Gasteiger partial charge is 0.434 e. The number of hydrogen-bond donors (Lipinski definition) is 1. The van der Waals surface area contributed by atoms with Crippen LogP contribution in [-0.2, 0) is 13.2 Å². The first-order valence-electron chi connectivity index (χ1n) is 10.9. The molecule has 2 atom stereocenters. The van der Waals surface area contributed by atoms with Crippen LogP contribution >= 0.6 is 0 Å². The lowest BCUT2D eigenvalue weighted by Gasteiger charge is -2.43. The minimum Gasteiger partial charge on any atom is -0.367 e. The number of benzene rings is 1. The van der Waals surface area contributed by atoms with Gasteiger partial charge < -0.3 is 10.2 Å². The number of nitrogens with one attached hydrogen (secondary N) is 1. The van der Waals surface area contributed by atoms with Crippen LogP contribution < -0.4 is 5.32 Å². The van der Waals surface area contributed by atoms with Crippen LogP contribution in [0.15, 0.2) is 48.9 Å². The fourth-order valence-corrected chi connectivity index (χ4v) is 4.27. The summed E-state index contributed by atoms with van der Waals surface area (Å²) in [5.74, 6) is -4.32. The molecule has 1 aliphatic rings. The van der Waals surface area contributed by atoms with E-state index in [1.54, 1.807) is 44.4 Å². The van der Waals surface area contributed by atoms with E-state index >= 15 is 0 Å². The van der Waals surface area contributed by atoms with Gasteiger partial charge in [-0.2, -0.15) is 18.3 Å². The van der Waals surface area contributed by atoms with E-state index in [4.69, 9.17) is 0 Å². The van der Waals surface area contributed by atoms with Crippen molar-refractivity contribution in [2.24, 2.45) is 13.0 Å². The third-order valence-electron chi connectivity index (χ3n) is 5.89. The van der Waals surface area contributed by atoms with Gasteiger partial charge in [-0.05, 0) is 11.5 Å². The summed E-state index contributed by atoms with van der Waals surface area (Å²) in [5, 5.41) is 7.08. The number of anilines is 1. The van der Waals surface area contributed by atoms with E-state index in [-0.39, 0.29) is 18.1 Å². The fourth-order valence-electron chi connectivity index (χ4n) is 4.27. The molecule has 186 valence electrons. The van der Waals surface area contributed by atoms with Crippen LogP contribution in [0.4, 0.5) is 27.8 Å². The molecule has 0 bridgehead atoms. The molecule has 1 saturated heterocycles. The molecule has 0 radical (unpaired) electrons. The number of aryl methyl sites for hydroxylation is 1. The van der Waals surface area contributed by atoms with E-state index in [1.165, 1.54) is 4.68 Å². The van der Waals surface area contributed by atoms with Crippen LogP contribution in [0.3, 0.4) is 0 Å². The van der Waals surface area contributed by atoms with Gasteiger partial charge in [0.25, 0.3) is 11.8 Å². The minimum atomic E-state index is -4.63. The van der Waals surface area contributed by atoms with Crippen molar-refractivity contribution in [3.63, 3.8) is 0 Å². The summed E-state index contributed by atoms with van der Waals surface area (Å²) in [6.45, 7) is 0.803. The Morgan fingerprint density at radius 3 is 2.51 bits per heavy atom. The van der Waals surface area contributed by atoms with Gasteiger partial charge in [0.1, 0.15) is 5.82 Å². The van der Waals surface area contributed by atoms with Crippen molar-refractivity contribution in [2.75, 3.05) is 18.4 Å². The Morgan fingerprint density at radius 2 is 1.89 bits per heavy atom. The lowest BCUT2D eigenvalue weighted by Crippen LogP contribution is -2.57. The summed E-state index contributed by atoms with van der Waals surface area (Å²) in [5.41, 5.74) is 0.132. The normalized spacial score (nSPS) is 20.0. The highest BCUT2D eigenvalue weighted by atomic mass is 19.4. The summed E-state index contributed by atoms with van der Waals surface area (Å²) in [6, 6.07) is 8.32. The van der Waals surface area contributed by atoms with Gasteiger partial charge in [0.05, 0.1) is 25.0 Å². The van der Waals surface area contributed by atoms with Gasteiger partial charge in [0.2, 0.25) is 0 Å². The number of rotatable bonds is 5. The molecule has 1 aliphatic heterocycles. The van der Waals surface area contributed by atoms with Crippen molar-refractivity contribution >= 4 is 11.7 Å². The maximum absolute atomic E-state index is 14.5. The SMILES string of the molecule is C[C@@H]1CC(F)(F)CN(C(=O)c2nn(C)cc2-c2ccccc2)[C@@H]1CNc1cnc(C(F)(F)F)cn1. The van der Waals surface area contributed by atoms with Crippen LogP contribution in [-0.4, -0.2) is 55.6 Å². The molecule has 1 fully saturated rings. The first-order chi connectivity index (χ1) is 16.4. The molecule has 0 saturated carbocycles. The predicted octanol–water partition coefficient (Wildman–Crippen LogP) is 4.49. The Morgan fingerprint density at radius 1 is 1.17 bits per heavy atom. The van der Waals surface area contributed by atoms with E-state index in [2.05, 4.69) is 20.4 Å². The zero-order valence-electron chi connectivity index (χ0n) is 18.9. The highest BCUT2D eigenvalue weighted by Gasteiger charge is 2.46. The van der Waals surface area contributed by atoms with Crippen LogP contribution in [0, 0.1) is 5.92 Å². The minimum absolute atomic E-state index is 0.00344. The third kappa shape index (κ3) is 5.41. The predicted molar refractivity (Wildman–Crippen MR) is 118 cm³/mol. The molecular weight excluding hydrogens is 471 g/mol. The van der Waals surface area contributed by atoms with E-state index in [9.17, 15) is 26.7 Å². The molecule has 3 heterocycles. The second-order valence-electron chi connectivity index (χ2n) is 8.63. The average molecular weight is 494 g/mol. The lowest BCUT2D eigenvalue weighted by atomic mass is 9.88. The van der Waals surface area contributed by atoms with Crippen molar-refractivity contribution in [3.8, 4) is 11.1 Å². The first kappa shape index (κ1) is 24.6. The number of amides is 1. The molecule has 4 rings (SSSR count). The number of likely N-dealkylation sites (tertiary alicyclic amines) is 1. The Balaban J connectivity index is 1.60. The molecule has 7 nitrogen and oxygen atoms in total. The quantitative estimate of drug-likeness (QED) is 0.529. The topological polar surface area (TPSA) is 75.9 Å². The average Bonchev–Trinajstić information content (AvgIpc) is 3.19. The highest BCUT2D eigenvalue weighted by molar-refractivity contribution is 5.99. The van der Waals surface area contributed by atoms with Gasteiger partial charge in [0.15, 0.2) is 11.4 Å². The van der Waals surface area contributed by atoms with Crippen molar-refractivity contribution in [1.29, 1.82) is 0 Å². The summed E-state index contributed by atoms with van der Waals surface area (Å²) in [6.07, 6.45) is -1.90. The number of nitrogens with zero attached hydrogens (tertiary/aromatic N) is 5. The fraction of sp³-hybridized carbons (Fsp3) is 0.391. The van der Waals surface area contributed by atoms with Crippen molar-refractivity contribution in [1.82, 2.24) is 24.6 Å². The Hall–Kier alpha value is -3.57. The Kier molecular flexibility index (Phi) is 6.48. The molecular formula is C23H23F5N6O. The number of halogens is 5. The molecule has 3 aromatic rings. The number of hydrogen-bond acceptors (Lipinski definition) is 5. The summed E-state index contributed by atoms with van der Waals surface area (Å²) >= 11 is 0. The molecule has 35 heavy (non-hydrogen) atoms. The zero-order chi connectivity index (χ0) is 25.4. The Bertz CT molecular complexity index is 1180. The van der Waals surface area contributed by atoms with Crippen LogP contribution in [0.5, 0.6) is 0 Å². The molecule has 2 aromatic heterocycles. The molecule has 0 aliphatic carbocycles. The van der Waals surface area contributed by atoms with Gasteiger partial charge in [-0.15, -0.1) is 0 Å². The van der Waals surface area contributed by atoms with Gasteiger partial charge in [0, 0.05) is 31.8 Å². The standard InChI is InChI=1S/C23H23F5N6O/c1-14-8-22(24,25)13-34(17(14)9-30-19-11-29-18(10-31-19)23(26,27)28)21(35)20-16(12-33(2)32-20)15-6-4-3-5-7-15/h3-7,10-12,14,17H,8-9,13H2,1-2H3,(H,30,31)/t14-,17-/m1/s1. The first-order valence-corrected chi connectivity index (χ1v) is 10.9. The maximum Gasteiger partial charge on any atom is 0.434 e. The van der Waals surface area contributed by atoms with Crippen molar-refractivity contribution < 1.29 is 26.7 Å². The zero-order valence-corrected chi connectivity index (χ0v) is 18.9. The van der Waals surface area contributed by atoms with Crippen LogP contribution in [0.2, 0.25) is 0 Å². The van der Waals surface area contributed by atoms with Crippen molar-refractivity contribution in [3.05, 3.63) is 60.3 Å². The second-order valence-corrected chi connectivity index (χ2v) is 8.63. The number of alkyl halides is 5. The van der Waals surface area contributed by atoms with Crippen molar-refractivity contribution in [2.45, 2.75) is 31.5 Å². The maximum atomic E-state index is 14.5. The number of aromatic nitrogens is 4. The summed E-state index contributed by atoms with van der Waals surface area (Å²) in [4.78, 5) is 21.7. The number of piperidine rings is 1. The van der Waals surface area contributed by atoms with E-state index in [0.29, 0.717) is 11.8 Å². The van der Waals surface area contributed by atoms with Gasteiger partial charge in [-0.1, -0.05) is 37.3 Å². The summed E-state index contributed by atoms with van der Waals surface area (Å²) in [7, 11) is 1.64. The van der Waals surface area contributed by atoms with Gasteiger partial charge in [-0.25, -0.2) is 18.7 Å². The van der Waals surface area contributed by atoms with E-state index < -0.39 is 48.6 Å². The lowest BCUT2D eigenvalue weighted by molar-refractivity contribution is -0.141. The van der Waals surface area contributed by atoms with Crippen LogP contribution in [0.25, 0.3) is 11.1 Å². The third-order valence-corrected chi connectivity index (χ3v) is 5.89. The van der Waals surface area contributed by atoms with Gasteiger partial charge in [-0.3, -0.25) is 9.48 Å². The monoisotopic (exact) mass is 494 g/mol. The smallest absolute Gasteiger partial charge is 0.367 e. The molecule has 0 unspecified atom stereocenters. The van der Waals surface area contributed by atoms with Crippen LogP contribution in [0.1, 0.15) is 29.5 Å². The Labute approximate surface area is 198 Å². The van der Waals surface area contributed by atoms with E-state index in [1.807, 2.05) is 6.07 Å². The summed E-state index contributed by atoms with van der Waals surface area (Å²) < 4.78 is 68.7. The highest BCUT2D eigenvalue weighted by Crippen LogP contribution is 2.36. The molecule has 0 spiro atoms. The number of carbonyl (C=O) groups is 1. The number of carbonyl (C=O) groups excluding carboxylic acids is 1. The molecule has 1 amide bonds.